The van der Waals surface area contributed by atoms with E-state index in [1.165, 1.54) is 19.4 Å². The lowest BCUT2D eigenvalue weighted by atomic mass is 9.90. The normalized spacial score (nSPS) is 22.7. The number of ether oxygens (including phenoxy) is 3. The second kappa shape index (κ2) is 61.6. The zero-order chi connectivity index (χ0) is 107. The number of carbonyl (C=O) groups excluding carboxylic acids is 9. The molecule has 0 spiro atoms. The molecule has 0 aromatic carbocycles. The summed E-state index contributed by atoms with van der Waals surface area (Å²) >= 11 is 0. The summed E-state index contributed by atoms with van der Waals surface area (Å²) in [6.45, 7) is 84.4. The minimum absolute atomic E-state index is 0.0323. The fourth-order valence-electron chi connectivity index (χ4n) is 21.0. The van der Waals surface area contributed by atoms with Crippen LogP contribution in [0.2, 0.25) is 0 Å². The molecule has 0 unspecified atom stereocenters. The van der Waals surface area contributed by atoms with Crippen molar-refractivity contribution >= 4 is 53.2 Å². The molecule has 3 atom stereocenters. The highest BCUT2D eigenvalue weighted by molar-refractivity contribution is 5.82. The van der Waals surface area contributed by atoms with Crippen LogP contribution in [0.3, 0.4) is 0 Å². The molecule has 12 aliphatic rings. The SMILES string of the molecule is CC(C)(C)CC(=O)N1CCC(C(=O)N2CCNCC2)CC1.CC(C)(C)CC(=O)N1CCC(N2CCOC[C@@H]2CO)CC1.CC(C)(C)CC(=O)N1CCC(N2CCOC[C@H]2CO)CC1.CC(C)(C)CC(=O)N1CCN(CC2CCOCC2)CC1.CC(C)CC(=O)N1CCC(NCC(C)(C)C#N)CC1.CCN1CCN(C(=O)CC(C)(C)C)CC1.C[C@H]1CN(CC(=O)N(C)C)CCN1CC1CCN(C(=O)CC(C)(C)C)CC1. The number of piperazine rings is 4. The van der Waals surface area contributed by atoms with Crippen LogP contribution >= 0.6 is 0 Å². The van der Waals surface area contributed by atoms with Gasteiger partial charge in [0.1, 0.15) is 0 Å². The van der Waals surface area contributed by atoms with Crippen LogP contribution in [0, 0.1) is 72.9 Å². The van der Waals surface area contributed by atoms with Gasteiger partial charge in [-0.05, 0) is 155 Å². The van der Waals surface area contributed by atoms with E-state index in [2.05, 4.69) is 203 Å². The van der Waals surface area contributed by atoms with Crippen LogP contribution in [0.4, 0.5) is 0 Å². The average Bonchev–Trinajstić information content (AvgIpc) is 0.815. The quantitative estimate of drug-likeness (QED) is 0.0738. The Bertz CT molecular complexity index is 3710. The standard InChI is InChI=1S/C21H40N4O2.C16H29N3O2.2C16H30N2O3.C16H30N2O2.C15H27N3O.C12H24N2O/c1-17-14-23(16-20(27)22(5)6)11-12-25(17)15-18-7-9-24(10-8-18)19(26)13-21(2,3)4;1-16(2,3)12-14(20)18-8-4-13(5-9-18)15(21)19-10-6-17-7-11-19;2*1-16(2,3)10-15(20)17-6-4-13(5-7-17)18-8-9-21-12-14(18)11-19;1-16(2,3)12-15(19)18-8-6-17(7-9-18)13-14-4-10-20-11-5-14;1-12(2)9-14(19)18-7-5-13(6-8-18)17-11-15(3,4)10-16;1-5-13-6-8-14(9-7-13)11(15)10-12(2,3)4/h17-18H,7-16H2,1-6H3;13,17H,4-12H2,1-3H3;2*13-14,19H,4-12H2,1-3H3;14H,4-13H2,1-3H3;12-13,17H,5-9,11H2,1-4H3;5-10H2,1-4H3/t17-;;2*14-;;;/m0.10.../s1. The van der Waals surface area contributed by atoms with Gasteiger partial charge in [0.15, 0.2) is 0 Å². The molecule has 12 fully saturated rings. The molecule has 12 aliphatic heterocycles. The minimum Gasteiger partial charge on any atom is -0.395 e. The second-order valence-corrected chi connectivity index (χ2v) is 52.1. The molecular weight excluding hydrogens is 1820 g/mol. The van der Waals surface area contributed by atoms with Crippen LogP contribution in [0.25, 0.3) is 0 Å². The molecule has 12 heterocycles. The van der Waals surface area contributed by atoms with E-state index >= 15 is 0 Å². The monoisotopic (exact) mass is 2030 g/mol. The lowest BCUT2D eigenvalue weighted by Gasteiger charge is -2.44. The predicted molar refractivity (Wildman–Crippen MR) is 576 cm³/mol. The number of likely N-dealkylation sites (tertiary alicyclic amines) is 5. The maximum atomic E-state index is 12.5. The van der Waals surface area contributed by atoms with Gasteiger partial charge in [-0.1, -0.05) is 145 Å². The third-order valence-electron chi connectivity index (χ3n) is 29.7. The molecule has 32 heteroatoms. The highest BCUT2D eigenvalue weighted by Gasteiger charge is 2.40. The number of likely N-dealkylation sites (N-methyl/N-ethyl adjacent to an activating group) is 2. The van der Waals surface area contributed by atoms with Gasteiger partial charge in [0.25, 0.3) is 0 Å². The van der Waals surface area contributed by atoms with Crippen LogP contribution < -0.4 is 10.6 Å². The summed E-state index contributed by atoms with van der Waals surface area (Å²) in [5, 5.41) is 34.6. The van der Waals surface area contributed by atoms with Gasteiger partial charge in [0.05, 0.1) is 69.8 Å². The molecule has 832 valence electrons. The molecular formula is C112H210N18O14. The van der Waals surface area contributed by atoms with Crippen molar-refractivity contribution in [2.75, 3.05) is 276 Å². The number of nitrogens with zero attached hydrogens (tertiary/aromatic N) is 16. The molecule has 0 saturated carbocycles. The van der Waals surface area contributed by atoms with Gasteiger partial charge in [0, 0.05) is 299 Å². The third-order valence-corrected chi connectivity index (χ3v) is 29.7. The number of nitrogens with one attached hydrogen (secondary N) is 2. The first-order valence-corrected chi connectivity index (χ1v) is 56.1. The van der Waals surface area contributed by atoms with Gasteiger partial charge < -0.3 is 84.1 Å². The maximum Gasteiger partial charge on any atom is 0.236 e. The van der Waals surface area contributed by atoms with Crippen molar-refractivity contribution in [2.24, 2.45) is 61.6 Å². The summed E-state index contributed by atoms with van der Waals surface area (Å²) in [5.41, 5.74) is 0.0989. The Morgan fingerprint density at radius 2 is 0.750 bits per heavy atom. The Morgan fingerprint density at radius 3 is 1.10 bits per heavy atom. The fourth-order valence-corrected chi connectivity index (χ4v) is 21.0. The zero-order valence-electron chi connectivity index (χ0n) is 95.9. The van der Waals surface area contributed by atoms with E-state index in [4.69, 9.17) is 19.5 Å². The molecule has 12 rings (SSSR count). The van der Waals surface area contributed by atoms with Crippen molar-refractivity contribution in [3.63, 3.8) is 0 Å². The molecule has 0 aromatic heterocycles. The topological polar surface area (TPSA) is 318 Å². The number of nitriles is 1. The number of aliphatic hydroxyl groups excluding tert-OH is 2. The van der Waals surface area contributed by atoms with Crippen molar-refractivity contribution < 1.29 is 67.6 Å². The number of hydrogen-bond donors (Lipinski definition) is 4. The van der Waals surface area contributed by atoms with Gasteiger partial charge in [-0.25, -0.2) is 0 Å². The van der Waals surface area contributed by atoms with E-state index in [0.717, 1.165) is 286 Å². The molecule has 0 bridgehead atoms. The van der Waals surface area contributed by atoms with Gasteiger partial charge >= 0.3 is 0 Å². The highest BCUT2D eigenvalue weighted by Crippen LogP contribution is 2.33. The highest BCUT2D eigenvalue weighted by atomic mass is 16.5. The Balaban J connectivity index is 0.000000258. The summed E-state index contributed by atoms with van der Waals surface area (Å²) in [5.74, 6) is 4.52. The minimum atomic E-state index is -0.315. The number of morpholine rings is 2. The molecule has 4 N–H and O–H groups in total. The third kappa shape index (κ3) is 49.5. The first-order valence-electron chi connectivity index (χ1n) is 56.1. The van der Waals surface area contributed by atoms with Crippen molar-refractivity contribution in [3.05, 3.63) is 0 Å². The van der Waals surface area contributed by atoms with Crippen LogP contribution in [0.15, 0.2) is 0 Å². The van der Waals surface area contributed by atoms with E-state index in [9.17, 15) is 53.4 Å². The van der Waals surface area contributed by atoms with E-state index in [1.807, 2.05) is 62.2 Å². The Hall–Kier alpha value is -5.80. The molecule has 144 heavy (non-hydrogen) atoms. The number of rotatable bonds is 23. The number of aliphatic hydroxyl groups is 2. The number of hydrogen-bond acceptors (Lipinski definition) is 23. The molecule has 9 amide bonds. The van der Waals surface area contributed by atoms with E-state index in [-0.39, 0.29) is 98.7 Å². The first kappa shape index (κ1) is 127. The van der Waals surface area contributed by atoms with Crippen molar-refractivity contribution in [2.45, 2.75) is 324 Å². The molecule has 0 aromatic rings. The second-order valence-electron chi connectivity index (χ2n) is 52.1. The van der Waals surface area contributed by atoms with Gasteiger partial charge in [-0.2, -0.15) is 5.26 Å². The molecule has 32 nitrogen and oxygen atoms in total. The lowest BCUT2D eigenvalue weighted by molar-refractivity contribution is -0.141. The summed E-state index contributed by atoms with van der Waals surface area (Å²) in [7, 11) is 3.64. The summed E-state index contributed by atoms with van der Waals surface area (Å²) < 4.78 is 16.3. The van der Waals surface area contributed by atoms with Crippen LogP contribution in [0.1, 0.15) is 288 Å². The van der Waals surface area contributed by atoms with Gasteiger partial charge in [0.2, 0.25) is 53.2 Å². The van der Waals surface area contributed by atoms with E-state index in [1.54, 1.807) is 4.90 Å². The number of carbonyl (C=O) groups is 9. The Kier molecular flexibility index (Phi) is 54.3. The van der Waals surface area contributed by atoms with Crippen molar-refractivity contribution in [1.29, 1.82) is 5.26 Å². The number of amides is 9. The first-order chi connectivity index (χ1) is 67.4. The maximum absolute atomic E-state index is 12.5. The van der Waals surface area contributed by atoms with Crippen LogP contribution in [-0.2, 0) is 57.4 Å². The molecule has 0 radical (unpaired) electrons. The van der Waals surface area contributed by atoms with Crippen molar-refractivity contribution in [1.82, 2.24) is 84.1 Å². The van der Waals surface area contributed by atoms with Crippen molar-refractivity contribution in [3.8, 4) is 6.07 Å². The molecule has 12 saturated heterocycles. The fraction of sp³-hybridized carbons (Fsp3) is 0.911. The summed E-state index contributed by atoms with van der Waals surface area (Å²) in [4.78, 5) is 142. The summed E-state index contributed by atoms with van der Waals surface area (Å²) in [6, 6.07) is 4.43. The van der Waals surface area contributed by atoms with Crippen LogP contribution in [0.5, 0.6) is 0 Å². The smallest absolute Gasteiger partial charge is 0.236 e. The van der Waals surface area contributed by atoms with Crippen LogP contribution in [-0.4, -0.2) is 450 Å². The Morgan fingerprint density at radius 1 is 0.403 bits per heavy atom. The van der Waals surface area contributed by atoms with E-state index < -0.39 is 0 Å². The van der Waals surface area contributed by atoms with Gasteiger partial charge in [-0.3, -0.25) is 67.7 Å². The summed E-state index contributed by atoms with van der Waals surface area (Å²) in [6.07, 6.45) is 16.7. The predicted octanol–water partition coefficient (Wildman–Crippen LogP) is 10.8. The number of piperidine rings is 5. The van der Waals surface area contributed by atoms with E-state index in [0.29, 0.717) is 131 Å². The zero-order valence-corrected chi connectivity index (χ0v) is 95.9. The lowest BCUT2D eigenvalue weighted by Crippen LogP contribution is -2.55. The largest absolute Gasteiger partial charge is 0.395 e. The Labute approximate surface area is 873 Å². The van der Waals surface area contributed by atoms with Gasteiger partial charge in [-0.15, -0.1) is 0 Å². The molecule has 0 aliphatic carbocycles. The average molecular weight is 2030 g/mol.